The maximum atomic E-state index is 10.7. The highest BCUT2D eigenvalue weighted by atomic mass is 16.3. The third-order valence-corrected chi connectivity index (χ3v) is 6.09. The standard InChI is InChI=1S/C19H33N3O/c1-19(2)8-6-15(7-9-19)13-22-11-4-5-16(14-22)17(23)18-20-10-12-21(18)3/h10,12,15-17,23H,4-9,11,13-14H2,1-3H3. The van der Waals surface area contributed by atoms with E-state index in [0.29, 0.717) is 11.3 Å². The first-order valence-electron chi connectivity index (χ1n) is 9.32. The molecule has 0 spiro atoms. The second-order valence-electron chi connectivity index (χ2n) is 8.61. The first-order chi connectivity index (χ1) is 10.9. The number of piperidine rings is 1. The van der Waals surface area contributed by atoms with E-state index in [0.717, 1.165) is 24.7 Å². The zero-order valence-electron chi connectivity index (χ0n) is 15.0. The van der Waals surface area contributed by atoms with Crippen LogP contribution in [0.5, 0.6) is 0 Å². The molecule has 4 nitrogen and oxygen atoms in total. The van der Waals surface area contributed by atoms with Crippen LogP contribution < -0.4 is 0 Å². The Kier molecular flexibility index (Phi) is 5.12. The summed E-state index contributed by atoms with van der Waals surface area (Å²) in [4.78, 5) is 6.94. The Morgan fingerprint density at radius 3 is 2.70 bits per heavy atom. The Morgan fingerprint density at radius 2 is 2.04 bits per heavy atom. The van der Waals surface area contributed by atoms with E-state index in [1.54, 1.807) is 6.20 Å². The van der Waals surface area contributed by atoms with Gasteiger partial charge in [0.15, 0.2) is 0 Å². The number of rotatable bonds is 4. The highest BCUT2D eigenvalue weighted by molar-refractivity contribution is 4.99. The van der Waals surface area contributed by atoms with Gasteiger partial charge in [-0.1, -0.05) is 13.8 Å². The van der Waals surface area contributed by atoms with Gasteiger partial charge in [-0.25, -0.2) is 4.98 Å². The smallest absolute Gasteiger partial charge is 0.137 e. The molecule has 1 saturated carbocycles. The van der Waals surface area contributed by atoms with Gasteiger partial charge in [-0.15, -0.1) is 0 Å². The molecule has 2 atom stereocenters. The fourth-order valence-corrected chi connectivity index (χ4v) is 4.39. The van der Waals surface area contributed by atoms with Crippen LogP contribution in [0.15, 0.2) is 12.4 Å². The molecule has 2 unspecified atom stereocenters. The number of hydrogen-bond acceptors (Lipinski definition) is 3. The lowest BCUT2D eigenvalue weighted by Gasteiger charge is -2.40. The minimum absolute atomic E-state index is 0.324. The maximum Gasteiger partial charge on any atom is 0.137 e. The van der Waals surface area contributed by atoms with Crippen molar-refractivity contribution in [1.82, 2.24) is 14.5 Å². The normalized spacial score (nSPS) is 27.9. The summed E-state index contributed by atoms with van der Waals surface area (Å²) in [7, 11) is 1.97. The number of hydrogen-bond donors (Lipinski definition) is 1. The van der Waals surface area contributed by atoms with Crippen molar-refractivity contribution in [3.63, 3.8) is 0 Å². The molecule has 1 N–H and O–H groups in total. The van der Waals surface area contributed by atoms with Gasteiger partial charge < -0.3 is 14.6 Å². The van der Waals surface area contributed by atoms with Crippen LogP contribution in [0.3, 0.4) is 0 Å². The number of aliphatic hydroxyl groups excluding tert-OH is 1. The van der Waals surface area contributed by atoms with Gasteiger partial charge in [0.2, 0.25) is 0 Å². The molecule has 3 rings (SSSR count). The molecule has 2 heterocycles. The molecule has 0 amide bonds. The Labute approximate surface area is 140 Å². The lowest BCUT2D eigenvalue weighted by molar-refractivity contribution is 0.0325. The summed E-state index contributed by atoms with van der Waals surface area (Å²) in [5, 5.41) is 10.7. The van der Waals surface area contributed by atoms with Crippen LogP contribution in [0.4, 0.5) is 0 Å². The molecule has 1 saturated heterocycles. The Balaban J connectivity index is 1.53. The highest BCUT2D eigenvalue weighted by Crippen LogP contribution is 2.39. The fourth-order valence-electron chi connectivity index (χ4n) is 4.39. The molecule has 1 aliphatic heterocycles. The van der Waals surface area contributed by atoms with Crippen LogP contribution in [0.25, 0.3) is 0 Å². The summed E-state index contributed by atoms with van der Waals surface area (Å²) in [5.41, 5.74) is 0.551. The number of aliphatic hydroxyl groups is 1. The summed E-state index contributed by atoms with van der Waals surface area (Å²) < 4.78 is 1.95. The molecule has 1 aromatic heterocycles. The van der Waals surface area contributed by atoms with E-state index >= 15 is 0 Å². The van der Waals surface area contributed by atoms with Crippen LogP contribution in [-0.4, -0.2) is 39.2 Å². The number of likely N-dealkylation sites (tertiary alicyclic amines) is 1. The number of imidazole rings is 1. The molecule has 4 heteroatoms. The predicted molar refractivity (Wildman–Crippen MR) is 93.1 cm³/mol. The largest absolute Gasteiger partial charge is 0.385 e. The summed E-state index contributed by atoms with van der Waals surface area (Å²) >= 11 is 0. The van der Waals surface area contributed by atoms with Gasteiger partial charge in [0.25, 0.3) is 0 Å². The van der Waals surface area contributed by atoms with Crippen LogP contribution in [0, 0.1) is 17.3 Å². The average Bonchev–Trinajstić information content (AvgIpc) is 2.95. The monoisotopic (exact) mass is 319 g/mol. The van der Waals surface area contributed by atoms with Crippen LogP contribution >= 0.6 is 0 Å². The van der Waals surface area contributed by atoms with E-state index in [1.165, 1.54) is 45.2 Å². The quantitative estimate of drug-likeness (QED) is 0.925. The van der Waals surface area contributed by atoms with Crippen molar-refractivity contribution >= 4 is 0 Å². The van der Waals surface area contributed by atoms with Crippen LogP contribution in [-0.2, 0) is 7.05 Å². The van der Waals surface area contributed by atoms with E-state index in [2.05, 4.69) is 23.7 Å². The Bertz CT molecular complexity index is 500. The molecule has 1 aromatic rings. The molecule has 0 bridgehead atoms. The Morgan fingerprint density at radius 1 is 1.30 bits per heavy atom. The fraction of sp³-hybridized carbons (Fsp3) is 0.842. The van der Waals surface area contributed by atoms with Crippen molar-refractivity contribution in [3.8, 4) is 0 Å². The van der Waals surface area contributed by atoms with E-state index < -0.39 is 6.10 Å². The van der Waals surface area contributed by atoms with Crippen LogP contribution in [0.1, 0.15) is 64.3 Å². The summed E-state index contributed by atoms with van der Waals surface area (Å²) in [6, 6.07) is 0. The van der Waals surface area contributed by atoms with Crippen molar-refractivity contribution in [2.24, 2.45) is 24.3 Å². The van der Waals surface area contributed by atoms with Gasteiger partial charge in [-0.05, 0) is 56.4 Å². The molecular weight excluding hydrogens is 286 g/mol. The third kappa shape index (κ3) is 4.16. The predicted octanol–water partition coefficient (Wildman–Crippen LogP) is 3.38. The first kappa shape index (κ1) is 17.0. The molecule has 130 valence electrons. The van der Waals surface area contributed by atoms with Gasteiger partial charge in [0.1, 0.15) is 11.9 Å². The summed E-state index contributed by atoms with van der Waals surface area (Å²) in [6.45, 7) is 8.25. The van der Waals surface area contributed by atoms with Crippen molar-refractivity contribution in [2.45, 2.75) is 58.5 Å². The Hall–Kier alpha value is -0.870. The molecule has 2 aliphatic rings. The highest BCUT2D eigenvalue weighted by Gasteiger charge is 2.32. The van der Waals surface area contributed by atoms with Crippen molar-refractivity contribution in [3.05, 3.63) is 18.2 Å². The summed E-state index contributed by atoms with van der Waals surface area (Å²) in [5.74, 6) is 1.99. The van der Waals surface area contributed by atoms with Gasteiger partial charge in [-0.2, -0.15) is 0 Å². The van der Waals surface area contributed by atoms with E-state index in [9.17, 15) is 5.11 Å². The number of aromatic nitrogens is 2. The lowest BCUT2D eigenvalue weighted by Crippen LogP contribution is -2.41. The topological polar surface area (TPSA) is 41.3 Å². The second kappa shape index (κ2) is 6.94. The van der Waals surface area contributed by atoms with Gasteiger partial charge in [-0.3, -0.25) is 0 Å². The lowest BCUT2D eigenvalue weighted by atomic mass is 9.73. The van der Waals surface area contributed by atoms with Crippen LogP contribution in [0.2, 0.25) is 0 Å². The van der Waals surface area contributed by atoms with Crippen molar-refractivity contribution < 1.29 is 5.11 Å². The maximum absolute atomic E-state index is 10.7. The molecule has 1 aliphatic carbocycles. The zero-order chi connectivity index (χ0) is 16.4. The zero-order valence-corrected chi connectivity index (χ0v) is 15.0. The number of nitrogens with zero attached hydrogens (tertiary/aromatic N) is 3. The van der Waals surface area contributed by atoms with Gasteiger partial charge in [0, 0.05) is 38.4 Å². The average molecular weight is 319 g/mol. The minimum atomic E-state index is -0.428. The van der Waals surface area contributed by atoms with Gasteiger partial charge >= 0.3 is 0 Å². The molecular formula is C19H33N3O. The van der Waals surface area contributed by atoms with E-state index in [4.69, 9.17) is 0 Å². The molecule has 23 heavy (non-hydrogen) atoms. The molecule has 0 radical (unpaired) electrons. The minimum Gasteiger partial charge on any atom is -0.385 e. The molecule has 0 aromatic carbocycles. The number of aryl methyl sites for hydroxylation is 1. The third-order valence-electron chi connectivity index (χ3n) is 6.09. The summed E-state index contributed by atoms with van der Waals surface area (Å²) in [6.07, 6.45) is 11.1. The van der Waals surface area contributed by atoms with E-state index in [1.807, 2.05) is 17.8 Å². The first-order valence-corrected chi connectivity index (χ1v) is 9.32. The van der Waals surface area contributed by atoms with Gasteiger partial charge in [0.05, 0.1) is 0 Å². The van der Waals surface area contributed by atoms with E-state index in [-0.39, 0.29) is 0 Å². The molecule has 2 fully saturated rings. The van der Waals surface area contributed by atoms with Crippen molar-refractivity contribution in [2.75, 3.05) is 19.6 Å². The van der Waals surface area contributed by atoms with Crippen molar-refractivity contribution in [1.29, 1.82) is 0 Å². The SMILES string of the molecule is Cn1ccnc1C(O)C1CCCN(CC2CCC(C)(C)CC2)C1. The second-order valence-corrected chi connectivity index (χ2v) is 8.61.